The van der Waals surface area contributed by atoms with Gasteiger partial charge in [-0.3, -0.25) is 0 Å². The van der Waals surface area contributed by atoms with E-state index >= 15 is 0 Å². The smallest absolute Gasteiger partial charge is 0.0948 e. The summed E-state index contributed by atoms with van der Waals surface area (Å²) in [7, 11) is 0. The molecule has 5 heteroatoms. The maximum absolute atomic E-state index is 9.08. The molecule has 1 atom stereocenters. The molecule has 0 aliphatic carbocycles. The molecule has 1 heterocycles. The molecule has 0 aromatic carbocycles. The molecule has 0 fully saturated rings. The summed E-state index contributed by atoms with van der Waals surface area (Å²) in [4.78, 5) is 4.02. The zero-order valence-corrected chi connectivity index (χ0v) is 8.35. The summed E-state index contributed by atoms with van der Waals surface area (Å²) < 4.78 is 2.03. The highest BCUT2D eigenvalue weighted by Crippen LogP contribution is 1.97. The molecular formula is C9H17N3O2. The van der Waals surface area contributed by atoms with Crippen LogP contribution in [0.25, 0.3) is 0 Å². The normalized spacial score (nSPS) is 13.1. The van der Waals surface area contributed by atoms with E-state index in [-0.39, 0.29) is 6.61 Å². The lowest BCUT2D eigenvalue weighted by Crippen LogP contribution is -2.29. The SMILES string of the molecule is CCn1cncc1CNCC(O)CO. The second kappa shape index (κ2) is 5.74. The zero-order chi connectivity index (χ0) is 10.4. The van der Waals surface area contributed by atoms with Crippen molar-refractivity contribution in [2.45, 2.75) is 26.1 Å². The van der Waals surface area contributed by atoms with Gasteiger partial charge in [-0.2, -0.15) is 0 Å². The predicted molar refractivity (Wildman–Crippen MR) is 52.7 cm³/mol. The first-order valence-corrected chi connectivity index (χ1v) is 4.76. The number of hydrogen-bond donors (Lipinski definition) is 3. The van der Waals surface area contributed by atoms with Crippen LogP contribution in [0.2, 0.25) is 0 Å². The minimum Gasteiger partial charge on any atom is -0.394 e. The van der Waals surface area contributed by atoms with Crippen LogP contribution >= 0.6 is 0 Å². The number of nitrogens with one attached hydrogen (secondary N) is 1. The van der Waals surface area contributed by atoms with Gasteiger partial charge in [-0.1, -0.05) is 0 Å². The van der Waals surface area contributed by atoms with E-state index < -0.39 is 6.10 Å². The number of hydrogen-bond acceptors (Lipinski definition) is 4. The summed E-state index contributed by atoms with van der Waals surface area (Å²) in [5, 5.41) is 20.7. The largest absolute Gasteiger partial charge is 0.394 e. The molecule has 0 aliphatic rings. The van der Waals surface area contributed by atoms with Crippen molar-refractivity contribution >= 4 is 0 Å². The first-order chi connectivity index (χ1) is 6.77. The van der Waals surface area contributed by atoms with Gasteiger partial charge in [-0.05, 0) is 6.92 Å². The van der Waals surface area contributed by atoms with Gasteiger partial charge in [0.2, 0.25) is 0 Å². The van der Waals surface area contributed by atoms with Crippen LogP contribution < -0.4 is 5.32 Å². The molecule has 0 radical (unpaired) electrons. The van der Waals surface area contributed by atoms with Crippen LogP contribution in [-0.4, -0.2) is 39.0 Å². The summed E-state index contributed by atoms with van der Waals surface area (Å²) in [6.45, 7) is 3.78. The van der Waals surface area contributed by atoms with Crippen LogP contribution in [0.5, 0.6) is 0 Å². The summed E-state index contributed by atoms with van der Waals surface area (Å²) >= 11 is 0. The molecule has 80 valence electrons. The number of aliphatic hydroxyl groups is 2. The Hall–Kier alpha value is -0.910. The summed E-state index contributed by atoms with van der Waals surface area (Å²) in [6, 6.07) is 0. The molecule has 0 spiro atoms. The maximum atomic E-state index is 9.08. The van der Waals surface area contributed by atoms with E-state index in [4.69, 9.17) is 10.2 Å². The standard InChI is InChI=1S/C9H17N3O2/c1-2-12-7-11-4-8(12)3-10-5-9(14)6-13/h4,7,9-10,13-14H,2-3,5-6H2,1H3. The molecule has 0 saturated heterocycles. The minimum absolute atomic E-state index is 0.208. The van der Waals surface area contributed by atoms with E-state index in [9.17, 15) is 0 Å². The number of rotatable bonds is 6. The van der Waals surface area contributed by atoms with E-state index in [2.05, 4.69) is 10.3 Å². The zero-order valence-electron chi connectivity index (χ0n) is 8.35. The number of nitrogens with zero attached hydrogens (tertiary/aromatic N) is 2. The van der Waals surface area contributed by atoms with E-state index in [0.29, 0.717) is 13.1 Å². The quantitative estimate of drug-likeness (QED) is 0.569. The summed E-state index contributed by atoms with van der Waals surface area (Å²) in [6.07, 6.45) is 2.88. The van der Waals surface area contributed by atoms with Gasteiger partial charge in [0.15, 0.2) is 0 Å². The van der Waals surface area contributed by atoms with Gasteiger partial charge in [-0.25, -0.2) is 4.98 Å². The molecule has 1 aromatic heterocycles. The lowest BCUT2D eigenvalue weighted by molar-refractivity contribution is 0.0941. The Labute approximate surface area is 83.4 Å². The topological polar surface area (TPSA) is 70.3 Å². The lowest BCUT2D eigenvalue weighted by atomic mass is 10.3. The second-order valence-corrected chi connectivity index (χ2v) is 3.14. The summed E-state index contributed by atoms with van der Waals surface area (Å²) in [5.74, 6) is 0. The molecule has 3 N–H and O–H groups in total. The van der Waals surface area contributed by atoms with Crippen molar-refractivity contribution in [1.82, 2.24) is 14.9 Å². The van der Waals surface area contributed by atoms with Crippen LogP contribution in [0, 0.1) is 0 Å². The molecule has 0 bridgehead atoms. The Kier molecular flexibility index (Phi) is 4.58. The first-order valence-electron chi connectivity index (χ1n) is 4.76. The Bertz CT molecular complexity index is 262. The van der Waals surface area contributed by atoms with Gasteiger partial charge in [0, 0.05) is 25.8 Å². The molecule has 1 aromatic rings. The minimum atomic E-state index is -0.687. The average Bonchev–Trinajstić information content (AvgIpc) is 2.65. The molecule has 0 aliphatic heterocycles. The molecule has 1 rings (SSSR count). The van der Waals surface area contributed by atoms with E-state index in [1.807, 2.05) is 11.5 Å². The van der Waals surface area contributed by atoms with Gasteiger partial charge in [0.25, 0.3) is 0 Å². The van der Waals surface area contributed by atoms with E-state index in [1.54, 1.807) is 12.5 Å². The third kappa shape index (κ3) is 3.10. The van der Waals surface area contributed by atoms with Gasteiger partial charge < -0.3 is 20.1 Å². The Morgan fingerprint density at radius 3 is 3.07 bits per heavy atom. The van der Waals surface area contributed by atoms with Crippen LogP contribution in [0.1, 0.15) is 12.6 Å². The monoisotopic (exact) mass is 199 g/mol. The Balaban J connectivity index is 2.31. The highest BCUT2D eigenvalue weighted by Gasteiger charge is 2.02. The van der Waals surface area contributed by atoms with Crippen molar-refractivity contribution in [2.24, 2.45) is 0 Å². The maximum Gasteiger partial charge on any atom is 0.0948 e. The number of aromatic nitrogens is 2. The van der Waals surface area contributed by atoms with Crippen molar-refractivity contribution in [2.75, 3.05) is 13.2 Å². The van der Waals surface area contributed by atoms with Gasteiger partial charge in [0.05, 0.1) is 24.7 Å². The highest BCUT2D eigenvalue weighted by atomic mass is 16.3. The van der Waals surface area contributed by atoms with Crippen molar-refractivity contribution < 1.29 is 10.2 Å². The lowest BCUT2D eigenvalue weighted by Gasteiger charge is -2.09. The fourth-order valence-electron chi connectivity index (χ4n) is 1.21. The van der Waals surface area contributed by atoms with Gasteiger partial charge >= 0.3 is 0 Å². The van der Waals surface area contributed by atoms with Gasteiger partial charge in [0.1, 0.15) is 0 Å². The fourth-order valence-corrected chi connectivity index (χ4v) is 1.21. The van der Waals surface area contributed by atoms with Crippen molar-refractivity contribution in [3.63, 3.8) is 0 Å². The Morgan fingerprint density at radius 1 is 1.64 bits per heavy atom. The van der Waals surface area contributed by atoms with Crippen molar-refractivity contribution in [1.29, 1.82) is 0 Å². The van der Waals surface area contributed by atoms with Crippen LogP contribution in [0.15, 0.2) is 12.5 Å². The Morgan fingerprint density at radius 2 is 2.43 bits per heavy atom. The molecule has 0 amide bonds. The van der Waals surface area contributed by atoms with Crippen LogP contribution in [0.3, 0.4) is 0 Å². The third-order valence-corrected chi connectivity index (χ3v) is 2.04. The number of aliphatic hydroxyl groups excluding tert-OH is 2. The van der Waals surface area contributed by atoms with Crippen LogP contribution in [-0.2, 0) is 13.1 Å². The highest BCUT2D eigenvalue weighted by molar-refractivity contribution is 4.97. The second-order valence-electron chi connectivity index (χ2n) is 3.14. The van der Waals surface area contributed by atoms with Crippen LogP contribution in [0.4, 0.5) is 0 Å². The molecule has 0 saturated carbocycles. The van der Waals surface area contributed by atoms with Gasteiger partial charge in [-0.15, -0.1) is 0 Å². The van der Waals surface area contributed by atoms with Crippen molar-refractivity contribution in [3.8, 4) is 0 Å². The molecule has 5 nitrogen and oxygen atoms in total. The molecule has 1 unspecified atom stereocenters. The third-order valence-electron chi connectivity index (χ3n) is 2.04. The average molecular weight is 199 g/mol. The molecule has 14 heavy (non-hydrogen) atoms. The van der Waals surface area contributed by atoms with E-state index in [0.717, 1.165) is 12.2 Å². The predicted octanol–water partition coefficient (Wildman–Crippen LogP) is -0.654. The molecular weight excluding hydrogens is 182 g/mol. The number of imidazole rings is 1. The van der Waals surface area contributed by atoms with Crippen molar-refractivity contribution in [3.05, 3.63) is 18.2 Å². The van der Waals surface area contributed by atoms with E-state index in [1.165, 1.54) is 0 Å². The number of aryl methyl sites for hydroxylation is 1. The first kappa shape index (κ1) is 11.2. The summed E-state index contributed by atoms with van der Waals surface area (Å²) in [5.41, 5.74) is 1.08. The fraction of sp³-hybridized carbons (Fsp3) is 0.667.